The number of carbonyl (C=O) groups excluding carboxylic acids is 2. The SMILES string of the molecule is CCOC(=O)C(Br)(C#N)C(=O)c1ccccc1. The molecule has 0 aliphatic carbocycles. The number of hydrogen-bond donors (Lipinski definition) is 0. The number of esters is 1. The Labute approximate surface area is 107 Å². The summed E-state index contributed by atoms with van der Waals surface area (Å²) < 4.78 is 2.74. The topological polar surface area (TPSA) is 67.2 Å². The number of ketones is 1. The molecule has 1 rings (SSSR count). The van der Waals surface area contributed by atoms with Crippen LogP contribution in [-0.2, 0) is 9.53 Å². The number of halogens is 1. The molecule has 88 valence electrons. The molecule has 0 saturated heterocycles. The van der Waals surface area contributed by atoms with Gasteiger partial charge in [-0.1, -0.05) is 30.3 Å². The Morgan fingerprint density at radius 3 is 2.47 bits per heavy atom. The van der Waals surface area contributed by atoms with E-state index in [1.807, 2.05) is 0 Å². The van der Waals surface area contributed by atoms with Gasteiger partial charge in [0, 0.05) is 5.56 Å². The lowest BCUT2D eigenvalue weighted by Crippen LogP contribution is -2.40. The number of nitriles is 1. The third-order valence-electron chi connectivity index (χ3n) is 2.06. The van der Waals surface area contributed by atoms with Crippen LogP contribution in [0.15, 0.2) is 30.3 Å². The van der Waals surface area contributed by atoms with Crippen molar-refractivity contribution in [2.75, 3.05) is 6.61 Å². The van der Waals surface area contributed by atoms with Crippen molar-refractivity contribution in [1.82, 2.24) is 0 Å². The molecule has 0 amide bonds. The molecule has 1 aromatic rings. The third-order valence-corrected chi connectivity index (χ3v) is 2.92. The van der Waals surface area contributed by atoms with Crippen molar-refractivity contribution in [3.8, 4) is 6.07 Å². The maximum Gasteiger partial charge on any atom is 0.345 e. The molecule has 0 spiro atoms. The number of hydrogen-bond acceptors (Lipinski definition) is 4. The van der Waals surface area contributed by atoms with Crippen molar-refractivity contribution in [2.45, 2.75) is 11.2 Å². The van der Waals surface area contributed by atoms with Crippen LogP contribution < -0.4 is 0 Å². The van der Waals surface area contributed by atoms with Gasteiger partial charge in [-0.15, -0.1) is 0 Å². The first-order chi connectivity index (χ1) is 8.06. The van der Waals surface area contributed by atoms with E-state index in [4.69, 9.17) is 10.00 Å². The second-order valence-corrected chi connectivity index (χ2v) is 4.38. The van der Waals surface area contributed by atoms with Gasteiger partial charge in [-0.25, -0.2) is 4.79 Å². The largest absolute Gasteiger partial charge is 0.464 e. The number of rotatable bonds is 4. The molecular formula is C12H10BrNO3. The smallest absolute Gasteiger partial charge is 0.345 e. The number of ether oxygens (including phenoxy) is 1. The predicted molar refractivity (Wildman–Crippen MR) is 64.7 cm³/mol. The Kier molecular flexibility index (Phi) is 4.41. The van der Waals surface area contributed by atoms with Gasteiger partial charge in [0.2, 0.25) is 5.78 Å². The molecule has 0 N–H and O–H groups in total. The van der Waals surface area contributed by atoms with Crippen LogP contribution >= 0.6 is 15.9 Å². The number of nitrogens with zero attached hydrogens (tertiary/aromatic N) is 1. The molecule has 1 aromatic carbocycles. The Hall–Kier alpha value is -1.67. The highest BCUT2D eigenvalue weighted by molar-refractivity contribution is 9.10. The van der Waals surface area contributed by atoms with E-state index in [2.05, 4.69) is 15.9 Å². The van der Waals surface area contributed by atoms with Gasteiger partial charge in [0.15, 0.2) is 0 Å². The first-order valence-electron chi connectivity index (χ1n) is 4.93. The average molecular weight is 296 g/mol. The summed E-state index contributed by atoms with van der Waals surface area (Å²) in [6, 6.07) is 9.78. The van der Waals surface area contributed by atoms with Crippen LogP contribution in [0.3, 0.4) is 0 Å². The highest BCUT2D eigenvalue weighted by Crippen LogP contribution is 2.24. The van der Waals surface area contributed by atoms with Crippen LogP contribution in [-0.4, -0.2) is 22.7 Å². The molecule has 0 aromatic heterocycles. The molecule has 1 atom stereocenters. The number of benzene rings is 1. The highest BCUT2D eigenvalue weighted by Gasteiger charge is 2.45. The summed E-state index contributed by atoms with van der Waals surface area (Å²) in [5.41, 5.74) is 0.277. The normalized spacial score (nSPS) is 13.2. The minimum absolute atomic E-state index is 0.107. The van der Waals surface area contributed by atoms with Gasteiger partial charge in [-0.3, -0.25) is 4.79 Å². The molecule has 0 radical (unpaired) electrons. The van der Waals surface area contributed by atoms with E-state index < -0.39 is 16.1 Å². The molecule has 0 heterocycles. The standard InChI is InChI=1S/C12H10BrNO3/c1-2-17-11(16)12(13,8-14)10(15)9-6-4-3-5-7-9/h3-7H,2H2,1H3. The zero-order valence-corrected chi connectivity index (χ0v) is 10.7. The molecule has 0 bridgehead atoms. The Balaban J connectivity index is 3.08. The molecule has 0 aliphatic rings. The molecule has 1 unspecified atom stereocenters. The summed E-state index contributed by atoms with van der Waals surface area (Å²) in [5, 5.41) is 9.00. The van der Waals surface area contributed by atoms with Gasteiger partial charge in [0.1, 0.15) is 6.07 Å². The summed E-state index contributed by atoms with van der Waals surface area (Å²) in [6.07, 6.45) is 0. The molecule has 17 heavy (non-hydrogen) atoms. The Morgan fingerprint density at radius 2 is 2.00 bits per heavy atom. The molecule has 0 saturated carbocycles. The van der Waals surface area contributed by atoms with Gasteiger partial charge >= 0.3 is 5.97 Å². The van der Waals surface area contributed by atoms with Crippen LogP contribution in [0, 0.1) is 11.3 Å². The van der Waals surface area contributed by atoms with Crippen LogP contribution in [0.25, 0.3) is 0 Å². The van der Waals surface area contributed by atoms with Gasteiger partial charge in [0.25, 0.3) is 4.32 Å². The second kappa shape index (κ2) is 5.60. The van der Waals surface area contributed by atoms with Crippen LogP contribution in [0.4, 0.5) is 0 Å². The van der Waals surface area contributed by atoms with Crippen molar-refractivity contribution in [1.29, 1.82) is 5.26 Å². The highest BCUT2D eigenvalue weighted by atomic mass is 79.9. The van der Waals surface area contributed by atoms with Gasteiger partial charge < -0.3 is 4.74 Å². The van der Waals surface area contributed by atoms with E-state index in [-0.39, 0.29) is 12.2 Å². The third kappa shape index (κ3) is 2.71. The summed E-state index contributed by atoms with van der Waals surface area (Å²) in [6.45, 7) is 1.71. The molecular weight excluding hydrogens is 286 g/mol. The van der Waals surface area contributed by atoms with Crippen molar-refractivity contribution < 1.29 is 14.3 Å². The fourth-order valence-corrected chi connectivity index (χ4v) is 1.55. The lowest BCUT2D eigenvalue weighted by atomic mass is 9.99. The van der Waals surface area contributed by atoms with Crippen molar-refractivity contribution in [2.24, 2.45) is 0 Å². The maximum absolute atomic E-state index is 12.0. The summed E-state index contributed by atoms with van der Waals surface area (Å²) in [5.74, 6) is -1.52. The summed E-state index contributed by atoms with van der Waals surface area (Å²) in [7, 11) is 0. The first-order valence-corrected chi connectivity index (χ1v) is 5.72. The summed E-state index contributed by atoms with van der Waals surface area (Å²) in [4.78, 5) is 23.6. The maximum atomic E-state index is 12.0. The Morgan fingerprint density at radius 1 is 1.41 bits per heavy atom. The van der Waals surface area contributed by atoms with E-state index in [9.17, 15) is 9.59 Å². The summed E-state index contributed by atoms with van der Waals surface area (Å²) >= 11 is 2.87. The average Bonchev–Trinajstić information content (AvgIpc) is 2.38. The van der Waals surface area contributed by atoms with Gasteiger partial charge in [-0.2, -0.15) is 5.26 Å². The minimum atomic E-state index is -1.97. The van der Waals surface area contributed by atoms with Crippen LogP contribution in [0.5, 0.6) is 0 Å². The molecule has 5 heteroatoms. The fraction of sp³-hybridized carbons (Fsp3) is 0.250. The molecule has 4 nitrogen and oxygen atoms in total. The quantitative estimate of drug-likeness (QED) is 0.369. The van der Waals surface area contributed by atoms with E-state index in [0.29, 0.717) is 0 Å². The van der Waals surface area contributed by atoms with Crippen LogP contribution in [0.1, 0.15) is 17.3 Å². The second-order valence-electron chi connectivity index (χ2n) is 3.19. The van der Waals surface area contributed by atoms with E-state index in [0.717, 1.165) is 0 Å². The zero-order chi connectivity index (χ0) is 12.9. The number of carbonyl (C=O) groups is 2. The van der Waals surface area contributed by atoms with E-state index in [1.54, 1.807) is 31.2 Å². The lowest BCUT2D eigenvalue weighted by molar-refractivity contribution is -0.142. The van der Waals surface area contributed by atoms with Crippen molar-refractivity contribution >= 4 is 27.7 Å². The van der Waals surface area contributed by atoms with E-state index >= 15 is 0 Å². The zero-order valence-electron chi connectivity index (χ0n) is 9.14. The van der Waals surface area contributed by atoms with Crippen molar-refractivity contribution in [3.05, 3.63) is 35.9 Å². The number of Topliss-reactive ketones (excluding diaryl/α,β-unsaturated/α-hetero) is 1. The predicted octanol–water partition coefficient (Wildman–Crippen LogP) is 2.09. The minimum Gasteiger partial charge on any atom is -0.464 e. The van der Waals surface area contributed by atoms with E-state index in [1.165, 1.54) is 12.1 Å². The number of alkyl halides is 1. The fourth-order valence-electron chi connectivity index (χ4n) is 1.21. The monoisotopic (exact) mass is 295 g/mol. The first kappa shape index (κ1) is 13.4. The molecule has 0 aliphatic heterocycles. The lowest BCUT2D eigenvalue weighted by Gasteiger charge is -2.15. The molecule has 0 fully saturated rings. The van der Waals surface area contributed by atoms with Gasteiger partial charge in [0.05, 0.1) is 6.61 Å². The Bertz CT molecular complexity index is 466. The van der Waals surface area contributed by atoms with Crippen molar-refractivity contribution in [3.63, 3.8) is 0 Å². The van der Waals surface area contributed by atoms with Crippen LogP contribution in [0.2, 0.25) is 0 Å². The van der Waals surface area contributed by atoms with Gasteiger partial charge in [-0.05, 0) is 22.9 Å².